The number of carbonyl (C=O) groups is 2. The molecule has 1 aromatic heterocycles. The maximum atomic E-state index is 13.2. The van der Waals surface area contributed by atoms with Crippen LogP contribution in [0.15, 0.2) is 76.2 Å². The van der Waals surface area contributed by atoms with Gasteiger partial charge >= 0.3 is 11.8 Å². The van der Waals surface area contributed by atoms with Crippen molar-refractivity contribution >= 4 is 21.7 Å². The fourth-order valence-electron chi connectivity index (χ4n) is 2.96. The molecule has 3 aromatic rings. The second-order valence-corrected chi connectivity index (χ2v) is 8.95. The average Bonchev–Trinajstić information content (AvgIpc) is 3.27. The lowest BCUT2D eigenvalue weighted by atomic mass is 10.1. The number of carbonyl (C=O) groups excluding carboxylic acids is 2. The van der Waals surface area contributed by atoms with E-state index in [1.807, 2.05) is 31.2 Å². The van der Waals surface area contributed by atoms with Crippen molar-refractivity contribution in [2.45, 2.75) is 23.6 Å². The molecule has 2 aromatic carbocycles. The van der Waals surface area contributed by atoms with E-state index in [1.54, 1.807) is 0 Å². The second kappa shape index (κ2) is 9.57. The molecule has 0 saturated heterocycles. The summed E-state index contributed by atoms with van der Waals surface area (Å²) < 4.78 is 44.5. The van der Waals surface area contributed by atoms with E-state index in [0.29, 0.717) is 0 Å². The van der Waals surface area contributed by atoms with Crippen molar-refractivity contribution in [2.24, 2.45) is 0 Å². The second-order valence-electron chi connectivity index (χ2n) is 6.82. The number of furan rings is 1. The quantitative estimate of drug-likeness (QED) is 0.431. The van der Waals surface area contributed by atoms with Crippen LogP contribution in [0.5, 0.6) is 0 Å². The van der Waals surface area contributed by atoms with Crippen LogP contribution in [0.4, 0.5) is 4.39 Å². The monoisotopic (exact) mass is 444 g/mol. The number of nitrogens with one attached hydrogen (secondary N) is 2. The lowest BCUT2D eigenvalue weighted by molar-refractivity contribution is -0.139. The zero-order valence-electron chi connectivity index (χ0n) is 16.7. The van der Waals surface area contributed by atoms with Gasteiger partial charge in [0.1, 0.15) is 16.8 Å². The minimum absolute atomic E-state index is 0.0879. The molecule has 0 aliphatic rings. The number of halogens is 1. The maximum absolute atomic E-state index is 13.2. The molecule has 0 radical (unpaired) electrons. The van der Waals surface area contributed by atoms with Crippen molar-refractivity contribution in [3.05, 3.63) is 89.6 Å². The first kappa shape index (κ1) is 22.2. The van der Waals surface area contributed by atoms with Gasteiger partial charge in [-0.1, -0.05) is 24.3 Å². The number of benzene rings is 2. The Morgan fingerprint density at radius 3 is 2.29 bits per heavy atom. The van der Waals surface area contributed by atoms with Crippen LogP contribution in [0, 0.1) is 12.7 Å². The molecule has 7 nitrogen and oxygen atoms in total. The summed E-state index contributed by atoms with van der Waals surface area (Å²) >= 11 is 0. The molecule has 9 heteroatoms. The van der Waals surface area contributed by atoms with Crippen LogP contribution in [0.3, 0.4) is 0 Å². The van der Waals surface area contributed by atoms with Gasteiger partial charge in [0.2, 0.25) is 0 Å². The fraction of sp³-hybridized carbons (Fsp3) is 0.182. The third-order valence-corrected chi connectivity index (χ3v) is 6.81. The predicted octanol–water partition coefficient (Wildman–Crippen LogP) is 2.67. The third kappa shape index (κ3) is 5.37. The molecule has 2 amide bonds. The Bertz CT molecular complexity index is 1160. The normalized spacial score (nSPS) is 12.2. The van der Waals surface area contributed by atoms with Gasteiger partial charge in [0, 0.05) is 13.1 Å². The van der Waals surface area contributed by atoms with E-state index in [1.165, 1.54) is 18.4 Å². The molecule has 0 fully saturated rings. The summed E-state index contributed by atoms with van der Waals surface area (Å²) in [6.07, 6.45) is 1.30. The molecule has 31 heavy (non-hydrogen) atoms. The van der Waals surface area contributed by atoms with E-state index in [-0.39, 0.29) is 17.2 Å². The highest BCUT2D eigenvalue weighted by atomic mass is 32.2. The third-order valence-electron chi connectivity index (χ3n) is 4.73. The molecule has 0 saturated carbocycles. The van der Waals surface area contributed by atoms with Crippen molar-refractivity contribution in [3.8, 4) is 0 Å². The summed E-state index contributed by atoms with van der Waals surface area (Å²) in [7, 11) is -4.03. The molecule has 3 rings (SSSR count). The molecule has 2 N–H and O–H groups in total. The number of amides is 2. The average molecular weight is 444 g/mol. The Kier molecular flexibility index (Phi) is 6.86. The number of rotatable bonds is 7. The number of sulfone groups is 1. The Labute approximate surface area is 179 Å². The zero-order valence-corrected chi connectivity index (χ0v) is 17.5. The molecule has 0 aliphatic carbocycles. The molecule has 0 spiro atoms. The Morgan fingerprint density at radius 1 is 0.968 bits per heavy atom. The first-order chi connectivity index (χ1) is 14.8. The van der Waals surface area contributed by atoms with Gasteiger partial charge in [0.25, 0.3) is 0 Å². The number of aryl methyl sites for hydroxylation is 1. The van der Waals surface area contributed by atoms with Gasteiger partial charge in [0.05, 0.1) is 11.2 Å². The lowest BCUT2D eigenvalue weighted by Gasteiger charge is -2.16. The molecular formula is C22H21FN2O5S. The highest BCUT2D eigenvalue weighted by Crippen LogP contribution is 2.29. The van der Waals surface area contributed by atoms with Gasteiger partial charge in [-0.05, 0) is 54.4 Å². The van der Waals surface area contributed by atoms with Crippen LogP contribution < -0.4 is 10.6 Å². The first-order valence-corrected chi connectivity index (χ1v) is 11.0. The molecule has 1 atom stereocenters. The molecular weight excluding hydrogens is 423 g/mol. The summed E-state index contributed by atoms with van der Waals surface area (Å²) in [6, 6.07) is 14.7. The fourth-order valence-corrected chi connectivity index (χ4v) is 4.54. The van der Waals surface area contributed by atoms with E-state index in [4.69, 9.17) is 4.42 Å². The van der Waals surface area contributed by atoms with Crippen LogP contribution in [-0.2, 0) is 26.0 Å². The first-order valence-electron chi connectivity index (χ1n) is 9.42. The van der Waals surface area contributed by atoms with E-state index >= 15 is 0 Å². The van der Waals surface area contributed by atoms with Crippen LogP contribution in [0.2, 0.25) is 0 Å². The summed E-state index contributed by atoms with van der Waals surface area (Å²) in [5.41, 5.74) is 1.82. The van der Waals surface area contributed by atoms with Crippen molar-refractivity contribution in [1.29, 1.82) is 0 Å². The van der Waals surface area contributed by atoms with E-state index in [2.05, 4.69) is 10.6 Å². The summed E-state index contributed by atoms with van der Waals surface area (Å²) in [4.78, 5) is 24.2. The SMILES string of the molecule is Cc1ccccc1CNC(=O)C(=O)NC[C@H](c1ccco1)S(=O)(=O)c1ccc(F)cc1. The molecule has 162 valence electrons. The van der Waals surface area contributed by atoms with Gasteiger partial charge < -0.3 is 15.1 Å². The molecule has 0 unspecified atom stereocenters. The molecule has 0 aliphatic heterocycles. The minimum atomic E-state index is -4.03. The van der Waals surface area contributed by atoms with E-state index in [0.717, 1.165) is 35.4 Å². The van der Waals surface area contributed by atoms with E-state index in [9.17, 15) is 22.4 Å². The largest absolute Gasteiger partial charge is 0.468 e. The van der Waals surface area contributed by atoms with E-state index < -0.39 is 39.3 Å². The standard InChI is InChI=1S/C22H21FN2O5S/c1-15-5-2-3-6-16(15)13-24-21(26)22(27)25-14-20(19-7-4-12-30-19)31(28,29)18-10-8-17(23)9-11-18/h2-12,20H,13-14H2,1H3,(H,24,26)(H,25,27)/t20-/m1/s1. The van der Waals surface area contributed by atoms with Gasteiger partial charge in [-0.15, -0.1) is 0 Å². The Hall–Kier alpha value is -3.46. The topological polar surface area (TPSA) is 105 Å². The van der Waals surface area contributed by atoms with Crippen LogP contribution in [-0.4, -0.2) is 26.8 Å². The number of hydrogen-bond donors (Lipinski definition) is 2. The minimum Gasteiger partial charge on any atom is -0.468 e. The van der Waals surface area contributed by atoms with Gasteiger partial charge in [-0.25, -0.2) is 12.8 Å². The zero-order chi connectivity index (χ0) is 22.4. The summed E-state index contributed by atoms with van der Waals surface area (Å²) in [5.74, 6) is -2.35. The molecule has 1 heterocycles. The lowest BCUT2D eigenvalue weighted by Crippen LogP contribution is -2.42. The Balaban J connectivity index is 1.69. The van der Waals surface area contributed by atoms with Crippen molar-refractivity contribution in [2.75, 3.05) is 6.54 Å². The van der Waals surface area contributed by atoms with Crippen LogP contribution >= 0.6 is 0 Å². The van der Waals surface area contributed by atoms with Crippen molar-refractivity contribution < 1.29 is 26.8 Å². The predicted molar refractivity (Wildman–Crippen MR) is 111 cm³/mol. The van der Waals surface area contributed by atoms with Crippen LogP contribution in [0.1, 0.15) is 22.1 Å². The Morgan fingerprint density at radius 2 is 1.65 bits per heavy atom. The summed E-state index contributed by atoms with van der Waals surface area (Å²) in [5, 5.41) is 3.56. The highest BCUT2D eigenvalue weighted by molar-refractivity contribution is 7.91. The maximum Gasteiger partial charge on any atom is 0.309 e. The summed E-state index contributed by atoms with van der Waals surface area (Å²) in [6.45, 7) is 1.65. The smallest absolute Gasteiger partial charge is 0.309 e. The van der Waals surface area contributed by atoms with Gasteiger partial charge in [0.15, 0.2) is 9.84 Å². The van der Waals surface area contributed by atoms with Gasteiger partial charge in [-0.3, -0.25) is 9.59 Å². The van der Waals surface area contributed by atoms with Crippen LogP contribution in [0.25, 0.3) is 0 Å². The number of hydrogen-bond acceptors (Lipinski definition) is 5. The molecule has 0 bridgehead atoms. The van der Waals surface area contributed by atoms with Crippen molar-refractivity contribution in [3.63, 3.8) is 0 Å². The van der Waals surface area contributed by atoms with Crippen molar-refractivity contribution in [1.82, 2.24) is 10.6 Å². The highest BCUT2D eigenvalue weighted by Gasteiger charge is 2.32. The van der Waals surface area contributed by atoms with Gasteiger partial charge in [-0.2, -0.15) is 0 Å².